The number of rotatable bonds is 4. The van der Waals surface area contributed by atoms with E-state index >= 15 is 0 Å². The van der Waals surface area contributed by atoms with Crippen LogP contribution in [0.5, 0.6) is 0 Å². The third-order valence-electron chi connectivity index (χ3n) is 2.77. The summed E-state index contributed by atoms with van der Waals surface area (Å²) in [5.74, 6) is 0. The van der Waals surface area contributed by atoms with E-state index in [1.54, 1.807) is 7.11 Å². The molecule has 1 aromatic carbocycles. The van der Waals surface area contributed by atoms with E-state index in [0.29, 0.717) is 12.7 Å². The molecule has 0 unspecified atom stereocenters. The first-order valence-corrected chi connectivity index (χ1v) is 5.77. The average molecular weight is 221 g/mol. The van der Waals surface area contributed by atoms with Gasteiger partial charge in [-0.15, -0.1) is 0 Å². The fourth-order valence-corrected chi connectivity index (χ4v) is 2.03. The van der Waals surface area contributed by atoms with Crippen LogP contribution in [0, 0.1) is 0 Å². The van der Waals surface area contributed by atoms with Gasteiger partial charge in [0.25, 0.3) is 0 Å². The quantitative estimate of drug-likeness (QED) is 0.833. The van der Waals surface area contributed by atoms with Crippen molar-refractivity contribution >= 4 is 0 Å². The highest BCUT2D eigenvalue weighted by Crippen LogP contribution is 2.11. The zero-order chi connectivity index (χ0) is 11.2. The van der Waals surface area contributed by atoms with E-state index in [9.17, 15) is 0 Å². The molecule has 3 heteroatoms. The van der Waals surface area contributed by atoms with Crippen molar-refractivity contribution in [3.8, 4) is 0 Å². The van der Waals surface area contributed by atoms with Crippen LogP contribution in [0.25, 0.3) is 0 Å². The van der Waals surface area contributed by atoms with Crippen molar-refractivity contribution in [3.05, 3.63) is 35.4 Å². The van der Waals surface area contributed by atoms with Gasteiger partial charge in [0.15, 0.2) is 0 Å². The Bertz CT molecular complexity index is 321. The Morgan fingerprint density at radius 2 is 2.31 bits per heavy atom. The molecule has 1 fully saturated rings. The Morgan fingerprint density at radius 3 is 3.06 bits per heavy atom. The predicted molar refractivity (Wildman–Crippen MR) is 63.5 cm³/mol. The standard InChI is InChI=1S/C13H19NO2/c1-15-10-12-4-2-3-11(7-12)8-13-9-14-5-6-16-13/h2-4,7,13-14H,5-6,8-10H2,1H3/t13-/m1/s1. The summed E-state index contributed by atoms with van der Waals surface area (Å²) in [5, 5.41) is 3.35. The second kappa shape index (κ2) is 5.99. The zero-order valence-corrected chi connectivity index (χ0v) is 9.74. The molecular weight excluding hydrogens is 202 g/mol. The lowest BCUT2D eigenvalue weighted by atomic mass is 10.0. The van der Waals surface area contributed by atoms with Crippen LogP contribution in [0.15, 0.2) is 24.3 Å². The van der Waals surface area contributed by atoms with Crippen molar-refractivity contribution < 1.29 is 9.47 Å². The lowest BCUT2D eigenvalue weighted by molar-refractivity contribution is 0.0292. The SMILES string of the molecule is COCc1cccc(C[C@@H]2CNCCO2)c1. The van der Waals surface area contributed by atoms with Gasteiger partial charge in [0.2, 0.25) is 0 Å². The van der Waals surface area contributed by atoms with Gasteiger partial charge in [-0.25, -0.2) is 0 Å². The molecule has 1 aliphatic heterocycles. The van der Waals surface area contributed by atoms with E-state index in [1.165, 1.54) is 11.1 Å². The molecular formula is C13H19NO2. The van der Waals surface area contributed by atoms with Gasteiger partial charge in [-0.3, -0.25) is 0 Å². The maximum absolute atomic E-state index is 5.69. The highest BCUT2D eigenvalue weighted by Gasteiger charge is 2.13. The topological polar surface area (TPSA) is 30.5 Å². The molecule has 0 radical (unpaired) electrons. The molecule has 0 aliphatic carbocycles. The molecule has 0 aromatic heterocycles. The Balaban J connectivity index is 1.94. The van der Waals surface area contributed by atoms with Crippen LogP contribution in [-0.2, 0) is 22.5 Å². The molecule has 88 valence electrons. The number of nitrogens with one attached hydrogen (secondary N) is 1. The van der Waals surface area contributed by atoms with Gasteiger partial charge in [-0.2, -0.15) is 0 Å². The van der Waals surface area contributed by atoms with Gasteiger partial charge in [0.05, 0.1) is 19.3 Å². The molecule has 1 aliphatic rings. The normalized spacial score (nSPS) is 20.9. The summed E-state index contributed by atoms with van der Waals surface area (Å²) in [7, 11) is 1.72. The van der Waals surface area contributed by atoms with Crippen molar-refractivity contribution in [2.75, 3.05) is 26.8 Å². The van der Waals surface area contributed by atoms with Gasteiger partial charge < -0.3 is 14.8 Å². The minimum absolute atomic E-state index is 0.312. The summed E-state index contributed by atoms with van der Waals surface area (Å²) in [6.07, 6.45) is 1.29. The molecule has 3 nitrogen and oxygen atoms in total. The Kier molecular flexibility index (Phi) is 4.34. The van der Waals surface area contributed by atoms with Gasteiger partial charge >= 0.3 is 0 Å². The zero-order valence-electron chi connectivity index (χ0n) is 9.74. The van der Waals surface area contributed by atoms with Crippen molar-refractivity contribution in [2.45, 2.75) is 19.1 Å². The van der Waals surface area contributed by atoms with Crippen LogP contribution in [-0.4, -0.2) is 32.9 Å². The van der Waals surface area contributed by atoms with Gasteiger partial charge in [0.1, 0.15) is 0 Å². The monoisotopic (exact) mass is 221 g/mol. The van der Waals surface area contributed by atoms with E-state index in [4.69, 9.17) is 9.47 Å². The average Bonchev–Trinajstić information content (AvgIpc) is 2.31. The summed E-state index contributed by atoms with van der Waals surface area (Å²) in [6.45, 7) is 3.43. The highest BCUT2D eigenvalue weighted by molar-refractivity contribution is 5.23. The summed E-state index contributed by atoms with van der Waals surface area (Å²) in [4.78, 5) is 0. The molecule has 1 N–H and O–H groups in total. The number of hydrogen-bond acceptors (Lipinski definition) is 3. The second-order valence-electron chi connectivity index (χ2n) is 4.15. The lowest BCUT2D eigenvalue weighted by Gasteiger charge is -2.23. The number of benzene rings is 1. The molecule has 2 rings (SSSR count). The minimum atomic E-state index is 0.312. The van der Waals surface area contributed by atoms with Gasteiger partial charge in [-0.05, 0) is 17.5 Å². The molecule has 0 bridgehead atoms. The maximum atomic E-state index is 5.69. The maximum Gasteiger partial charge on any atom is 0.0740 e. The van der Waals surface area contributed by atoms with Gasteiger partial charge in [0, 0.05) is 20.2 Å². The first-order valence-electron chi connectivity index (χ1n) is 5.77. The molecule has 1 heterocycles. The van der Waals surface area contributed by atoms with Crippen LogP contribution < -0.4 is 5.32 Å². The van der Waals surface area contributed by atoms with Crippen molar-refractivity contribution in [1.29, 1.82) is 0 Å². The predicted octanol–water partition coefficient (Wildman–Crippen LogP) is 1.36. The van der Waals surface area contributed by atoms with Gasteiger partial charge in [-0.1, -0.05) is 24.3 Å². The van der Waals surface area contributed by atoms with Crippen LogP contribution >= 0.6 is 0 Å². The first-order chi connectivity index (χ1) is 7.88. The smallest absolute Gasteiger partial charge is 0.0740 e. The molecule has 0 spiro atoms. The van der Waals surface area contributed by atoms with Crippen molar-refractivity contribution in [2.24, 2.45) is 0 Å². The third kappa shape index (κ3) is 3.30. The number of morpholine rings is 1. The summed E-state index contributed by atoms with van der Waals surface area (Å²) < 4.78 is 10.8. The first kappa shape index (κ1) is 11.6. The molecule has 1 atom stereocenters. The minimum Gasteiger partial charge on any atom is -0.380 e. The van der Waals surface area contributed by atoms with Crippen molar-refractivity contribution in [3.63, 3.8) is 0 Å². The molecule has 16 heavy (non-hydrogen) atoms. The van der Waals surface area contributed by atoms with E-state index in [1.807, 2.05) is 0 Å². The summed E-state index contributed by atoms with van der Waals surface area (Å²) in [6, 6.07) is 8.52. The Labute approximate surface area is 96.8 Å². The number of methoxy groups -OCH3 is 1. The van der Waals surface area contributed by atoms with E-state index in [2.05, 4.69) is 29.6 Å². The highest BCUT2D eigenvalue weighted by atomic mass is 16.5. The van der Waals surface area contributed by atoms with E-state index in [-0.39, 0.29) is 0 Å². The fourth-order valence-electron chi connectivity index (χ4n) is 2.03. The van der Waals surface area contributed by atoms with Crippen LogP contribution in [0.2, 0.25) is 0 Å². The summed E-state index contributed by atoms with van der Waals surface area (Å²) >= 11 is 0. The fraction of sp³-hybridized carbons (Fsp3) is 0.538. The molecule has 1 saturated heterocycles. The molecule has 0 saturated carbocycles. The number of ether oxygens (including phenoxy) is 2. The van der Waals surface area contributed by atoms with Crippen molar-refractivity contribution in [1.82, 2.24) is 5.32 Å². The largest absolute Gasteiger partial charge is 0.380 e. The van der Waals surface area contributed by atoms with Crippen LogP contribution in [0.4, 0.5) is 0 Å². The third-order valence-corrected chi connectivity index (χ3v) is 2.77. The lowest BCUT2D eigenvalue weighted by Crippen LogP contribution is -2.39. The van der Waals surface area contributed by atoms with E-state index in [0.717, 1.165) is 26.1 Å². The van der Waals surface area contributed by atoms with E-state index < -0.39 is 0 Å². The Hall–Kier alpha value is -0.900. The second-order valence-corrected chi connectivity index (χ2v) is 4.15. The number of hydrogen-bond donors (Lipinski definition) is 1. The van der Waals surface area contributed by atoms with Crippen LogP contribution in [0.1, 0.15) is 11.1 Å². The summed E-state index contributed by atoms with van der Waals surface area (Å²) in [5.41, 5.74) is 2.55. The van der Waals surface area contributed by atoms with Crippen LogP contribution in [0.3, 0.4) is 0 Å². The molecule has 0 amide bonds. The molecule has 1 aromatic rings. The Morgan fingerprint density at radius 1 is 1.44 bits per heavy atom.